The Morgan fingerprint density at radius 3 is 2.78 bits per heavy atom. The van der Waals surface area contributed by atoms with E-state index in [1.54, 1.807) is 13.3 Å². The monoisotopic (exact) mass is 368 g/mol. The second-order valence-electron chi connectivity index (χ2n) is 7.21. The van der Waals surface area contributed by atoms with Gasteiger partial charge in [-0.1, -0.05) is 18.2 Å². The van der Waals surface area contributed by atoms with Gasteiger partial charge < -0.3 is 19.1 Å². The van der Waals surface area contributed by atoms with Crippen molar-refractivity contribution in [1.82, 2.24) is 9.88 Å². The number of likely N-dealkylation sites (tertiary alicyclic amines) is 1. The van der Waals surface area contributed by atoms with E-state index in [9.17, 15) is 4.79 Å². The molecule has 27 heavy (non-hydrogen) atoms. The van der Waals surface area contributed by atoms with Crippen LogP contribution in [0.2, 0.25) is 0 Å². The number of hydrogen-bond acceptors (Lipinski definition) is 5. The number of aromatic nitrogens is 1. The number of methoxy groups -OCH3 is 1. The van der Waals surface area contributed by atoms with E-state index >= 15 is 0 Å². The Balaban J connectivity index is 1.30. The first kappa shape index (κ1) is 17.8. The van der Waals surface area contributed by atoms with Crippen LogP contribution in [0.5, 0.6) is 11.6 Å². The molecule has 1 aromatic carbocycles. The lowest BCUT2D eigenvalue weighted by Gasteiger charge is -2.52. The van der Waals surface area contributed by atoms with Gasteiger partial charge in [0.05, 0.1) is 33.2 Å². The third-order valence-electron chi connectivity index (χ3n) is 5.20. The molecule has 0 radical (unpaired) electrons. The van der Waals surface area contributed by atoms with Crippen molar-refractivity contribution in [3.05, 3.63) is 54.2 Å². The summed E-state index contributed by atoms with van der Waals surface area (Å²) in [6.07, 6.45) is 3.84. The van der Waals surface area contributed by atoms with Gasteiger partial charge in [-0.15, -0.1) is 0 Å². The largest absolute Gasteiger partial charge is 0.497 e. The Hall–Kier alpha value is -2.60. The maximum Gasteiger partial charge on any atom is 0.227 e. The normalized spacial score (nSPS) is 20.8. The molecular weight excluding hydrogens is 344 g/mol. The predicted molar refractivity (Wildman–Crippen MR) is 99.8 cm³/mol. The second kappa shape index (κ2) is 7.56. The molecule has 6 heteroatoms. The zero-order valence-corrected chi connectivity index (χ0v) is 15.5. The number of pyridine rings is 1. The van der Waals surface area contributed by atoms with Crippen molar-refractivity contribution >= 4 is 5.91 Å². The summed E-state index contributed by atoms with van der Waals surface area (Å²) in [7, 11) is 1.63. The van der Waals surface area contributed by atoms with Gasteiger partial charge in [0, 0.05) is 25.1 Å². The molecule has 2 saturated heterocycles. The topological polar surface area (TPSA) is 60.9 Å². The number of nitrogens with zero attached hydrogens (tertiary/aromatic N) is 2. The zero-order valence-electron chi connectivity index (χ0n) is 15.5. The molecular formula is C21H24N2O4. The first-order valence-corrected chi connectivity index (χ1v) is 9.28. The van der Waals surface area contributed by atoms with Crippen LogP contribution in [0, 0.1) is 0 Å². The summed E-state index contributed by atoms with van der Waals surface area (Å²) >= 11 is 0. The second-order valence-corrected chi connectivity index (χ2v) is 7.21. The van der Waals surface area contributed by atoms with E-state index in [1.165, 1.54) is 0 Å². The van der Waals surface area contributed by atoms with Gasteiger partial charge in [0.1, 0.15) is 17.5 Å². The quantitative estimate of drug-likeness (QED) is 0.811. The van der Waals surface area contributed by atoms with Gasteiger partial charge >= 0.3 is 0 Å². The number of carbonyl (C=O) groups is 1. The highest BCUT2D eigenvalue weighted by Crippen LogP contribution is 2.35. The summed E-state index contributed by atoms with van der Waals surface area (Å²) in [6, 6.07) is 13.3. The van der Waals surface area contributed by atoms with Crippen LogP contribution in [0.3, 0.4) is 0 Å². The van der Waals surface area contributed by atoms with Crippen molar-refractivity contribution in [2.24, 2.45) is 0 Å². The summed E-state index contributed by atoms with van der Waals surface area (Å²) in [5.41, 5.74) is 0.718. The van der Waals surface area contributed by atoms with Crippen LogP contribution in [-0.2, 0) is 16.0 Å². The minimum Gasteiger partial charge on any atom is -0.497 e. The molecule has 2 fully saturated rings. The fourth-order valence-corrected chi connectivity index (χ4v) is 3.75. The van der Waals surface area contributed by atoms with Crippen molar-refractivity contribution in [2.75, 3.05) is 26.8 Å². The Labute approximate surface area is 159 Å². The Morgan fingerprint density at radius 2 is 2.07 bits per heavy atom. The van der Waals surface area contributed by atoms with E-state index < -0.39 is 0 Å². The van der Waals surface area contributed by atoms with E-state index in [-0.39, 0.29) is 17.6 Å². The molecule has 1 aromatic heterocycles. The average Bonchev–Trinajstić information content (AvgIpc) is 2.67. The summed E-state index contributed by atoms with van der Waals surface area (Å²) in [5.74, 6) is 1.57. The zero-order chi connectivity index (χ0) is 18.7. The molecule has 1 amide bonds. The molecule has 0 aliphatic carbocycles. The van der Waals surface area contributed by atoms with Gasteiger partial charge in [-0.2, -0.15) is 0 Å². The van der Waals surface area contributed by atoms with E-state index in [0.29, 0.717) is 32.0 Å². The number of amides is 1. The molecule has 1 spiro atoms. The molecule has 142 valence electrons. The minimum absolute atomic E-state index is 0.0764. The fourth-order valence-electron chi connectivity index (χ4n) is 3.75. The summed E-state index contributed by atoms with van der Waals surface area (Å²) in [6.45, 7) is 1.91. The average molecular weight is 368 g/mol. The molecule has 2 aliphatic rings. The van der Waals surface area contributed by atoms with Crippen LogP contribution >= 0.6 is 0 Å². The van der Waals surface area contributed by atoms with Gasteiger partial charge in [0.15, 0.2) is 0 Å². The maximum absolute atomic E-state index is 12.5. The highest BCUT2D eigenvalue weighted by atomic mass is 16.5. The van der Waals surface area contributed by atoms with Crippen LogP contribution in [0.25, 0.3) is 0 Å². The smallest absolute Gasteiger partial charge is 0.227 e. The molecule has 0 unspecified atom stereocenters. The SMILES string of the molecule is COc1ccc(CC(=O)N2CC3(C[C@@H](Oc4ccccn4)CCO3)C2)cc1. The first-order chi connectivity index (χ1) is 13.2. The molecule has 2 aromatic rings. The van der Waals surface area contributed by atoms with Gasteiger partial charge in [0.2, 0.25) is 11.8 Å². The van der Waals surface area contributed by atoms with Crippen LogP contribution in [0.1, 0.15) is 18.4 Å². The third kappa shape index (κ3) is 4.06. The van der Waals surface area contributed by atoms with E-state index in [2.05, 4.69) is 4.98 Å². The van der Waals surface area contributed by atoms with Gasteiger partial charge in [-0.25, -0.2) is 4.98 Å². The standard InChI is InChI=1S/C21H24N2O4/c1-25-17-7-5-16(6-8-17)12-20(24)23-14-21(15-23)13-18(9-11-26-21)27-19-4-2-3-10-22-19/h2-8,10,18H,9,11-15H2,1H3/t18-/m0/s1. The summed E-state index contributed by atoms with van der Waals surface area (Å²) < 4.78 is 17.2. The van der Waals surface area contributed by atoms with E-state index in [1.807, 2.05) is 47.4 Å². The van der Waals surface area contributed by atoms with E-state index in [4.69, 9.17) is 14.2 Å². The van der Waals surface area contributed by atoms with Crippen molar-refractivity contribution in [2.45, 2.75) is 31.0 Å². The highest BCUT2D eigenvalue weighted by molar-refractivity contribution is 5.80. The maximum atomic E-state index is 12.5. The predicted octanol–water partition coefficient (Wildman–Crippen LogP) is 2.47. The van der Waals surface area contributed by atoms with Crippen LogP contribution in [-0.4, -0.2) is 54.3 Å². The van der Waals surface area contributed by atoms with Crippen molar-refractivity contribution in [1.29, 1.82) is 0 Å². The highest BCUT2D eigenvalue weighted by Gasteiger charge is 2.49. The van der Waals surface area contributed by atoms with Gasteiger partial charge in [-0.05, 0) is 23.8 Å². The number of hydrogen-bond donors (Lipinski definition) is 0. The Bertz CT molecular complexity index is 773. The van der Waals surface area contributed by atoms with Crippen molar-refractivity contribution < 1.29 is 19.0 Å². The molecule has 3 heterocycles. The lowest BCUT2D eigenvalue weighted by atomic mass is 9.84. The van der Waals surface area contributed by atoms with E-state index in [0.717, 1.165) is 24.2 Å². The Morgan fingerprint density at radius 1 is 1.26 bits per heavy atom. The molecule has 6 nitrogen and oxygen atoms in total. The van der Waals surface area contributed by atoms with Gasteiger partial charge in [0.25, 0.3) is 0 Å². The van der Waals surface area contributed by atoms with Crippen molar-refractivity contribution in [3.63, 3.8) is 0 Å². The molecule has 0 N–H and O–H groups in total. The number of carbonyl (C=O) groups excluding carboxylic acids is 1. The minimum atomic E-state index is -0.271. The number of benzene rings is 1. The lowest BCUT2D eigenvalue weighted by Crippen LogP contribution is -2.67. The molecule has 1 atom stereocenters. The molecule has 4 rings (SSSR count). The van der Waals surface area contributed by atoms with Crippen LogP contribution in [0.15, 0.2) is 48.7 Å². The van der Waals surface area contributed by atoms with Crippen molar-refractivity contribution in [3.8, 4) is 11.6 Å². The molecule has 2 aliphatic heterocycles. The third-order valence-corrected chi connectivity index (χ3v) is 5.20. The van der Waals surface area contributed by atoms with Crippen LogP contribution < -0.4 is 9.47 Å². The summed E-state index contributed by atoms with van der Waals surface area (Å²) in [5, 5.41) is 0. The first-order valence-electron chi connectivity index (χ1n) is 9.28. The lowest BCUT2D eigenvalue weighted by molar-refractivity contribution is -0.193. The fraction of sp³-hybridized carbons (Fsp3) is 0.429. The van der Waals surface area contributed by atoms with Crippen LogP contribution in [0.4, 0.5) is 0 Å². The summed E-state index contributed by atoms with van der Waals surface area (Å²) in [4.78, 5) is 18.6. The molecule has 0 saturated carbocycles. The number of rotatable bonds is 5. The molecule has 0 bridgehead atoms. The van der Waals surface area contributed by atoms with Gasteiger partial charge in [-0.3, -0.25) is 4.79 Å². The number of ether oxygens (including phenoxy) is 3. The Kier molecular flexibility index (Phi) is 4.99.